The Morgan fingerprint density at radius 1 is 0.944 bits per heavy atom. The van der Waals surface area contributed by atoms with Crippen LogP contribution in [0.1, 0.15) is 25.0 Å². The van der Waals surface area contributed by atoms with Crippen molar-refractivity contribution in [1.82, 2.24) is 10.2 Å². The molecule has 3 aromatic rings. The molecule has 0 radical (unpaired) electrons. The van der Waals surface area contributed by atoms with Crippen LogP contribution in [0.2, 0.25) is 0 Å². The highest BCUT2D eigenvalue weighted by Crippen LogP contribution is 2.27. The largest absolute Gasteiger partial charge is 0.355 e. The molecule has 36 heavy (non-hydrogen) atoms. The van der Waals surface area contributed by atoms with E-state index in [2.05, 4.69) is 21.2 Å². The molecular formula is C27H30BrN3O4S. The lowest BCUT2D eigenvalue weighted by molar-refractivity contribution is -0.139. The van der Waals surface area contributed by atoms with Crippen LogP contribution in [0.5, 0.6) is 0 Å². The zero-order chi connectivity index (χ0) is 26.3. The summed E-state index contributed by atoms with van der Waals surface area (Å²) in [4.78, 5) is 28.0. The number of amides is 2. The van der Waals surface area contributed by atoms with Gasteiger partial charge in [-0.15, -0.1) is 0 Å². The summed E-state index contributed by atoms with van der Waals surface area (Å²) in [5.74, 6) is -0.796. The fourth-order valence-corrected chi connectivity index (χ4v) is 5.53. The van der Waals surface area contributed by atoms with Gasteiger partial charge >= 0.3 is 0 Å². The molecule has 0 fully saturated rings. The van der Waals surface area contributed by atoms with Gasteiger partial charge in [0.15, 0.2) is 0 Å². The van der Waals surface area contributed by atoms with Gasteiger partial charge in [-0.25, -0.2) is 8.42 Å². The van der Waals surface area contributed by atoms with Crippen LogP contribution in [0, 0.1) is 6.92 Å². The van der Waals surface area contributed by atoms with Gasteiger partial charge in [-0.2, -0.15) is 0 Å². The molecule has 3 rings (SSSR count). The van der Waals surface area contributed by atoms with Crippen LogP contribution in [0.3, 0.4) is 0 Å². The van der Waals surface area contributed by atoms with Gasteiger partial charge in [0.05, 0.1) is 10.6 Å². The van der Waals surface area contributed by atoms with Crippen molar-refractivity contribution < 1.29 is 18.0 Å². The topological polar surface area (TPSA) is 86.8 Å². The molecule has 0 spiro atoms. The van der Waals surface area contributed by atoms with Gasteiger partial charge in [-0.05, 0) is 62.2 Å². The first-order chi connectivity index (χ1) is 17.1. The predicted molar refractivity (Wildman–Crippen MR) is 145 cm³/mol. The second kappa shape index (κ2) is 12.2. The third kappa shape index (κ3) is 6.53. The third-order valence-electron chi connectivity index (χ3n) is 5.78. The summed E-state index contributed by atoms with van der Waals surface area (Å²) in [5.41, 5.74) is 1.93. The predicted octanol–water partition coefficient (Wildman–Crippen LogP) is 4.51. The van der Waals surface area contributed by atoms with Gasteiger partial charge in [0.2, 0.25) is 11.8 Å². The van der Waals surface area contributed by atoms with Crippen LogP contribution in [0.4, 0.5) is 5.69 Å². The first kappa shape index (κ1) is 27.4. The Labute approximate surface area is 221 Å². The van der Waals surface area contributed by atoms with E-state index in [-0.39, 0.29) is 17.3 Å². The van der Waals surface area contributed by atoms with Crippen molar-refractivity contribution in [2.45, 2.75) is 38.3 Å². The normalized spacial score (nSPS) is 12.0. The van der Waals surface area contributed by atoms with Crippen molar-refractivity contribution in [2.75, 3.05) is 17.4 Å². The molecule has 1 N–H and O–H groups in total. The van der Waals surface area contributed by atoms with E-state index in [1.807, 2.05) is 30.3 Å². The summed E-state index contributed by atoms with van der Waals surface area (Å²) in [7, 11) is -4.06. The second-order valence-electron chi connectivity index (χ2n) is 8.33. The first-order valence-corrected chi connectivity index (χ1v) is 13.8. The number of anilines is 1. The lowest BCUT2D eigenvalue weighted by atomic mass is 10.1. The zero-order valence-corrected chi connectivity index (χ0v) is 22.9. The third-order valence-corrected chi connectivity index (χ3v) is 8.08. The quantitative estimate of drug-likeness (QED) is 0.388. The Kier molecular flexibility index (Phi) is 9.28. The number of aryl methyl sites for hydroxylation is 1. The molecule has 7 nitrogen and oxygen atoms in total. The molecule has 0 saturated carbocycles. The van der Waals surface area contributed by atoms with Crippen LogP contribution >= 0.6 is 15.9 Å². The molecule has 190 valence electrons. The monoisotopic (exact) mass is 571 g/mol. The van der Waals surface area contributed by atoms with Crippen LogP contribution in [0.15, 0.2) is 88.2 Å². The van der Waals surface area contributed by atoms with Crippen molar-refractivity contribution in [3.05, 3.63) is 94.5 Å². The summed E-state index contributed by atoms with van der Waals surface area (Å²) in [6, 6.07) is 21.6. The summed E-state index contributed by atoms with van der Waals surface area (Å²) < 4.78 is 29.4. The summed E-state index contributed by atoms with van der Waals surface area (Å²) in [6.07, 6.45) is 0. The molecular weight excluding hydrogens is 542 g/mol. The number of rotatable bonds is 10. The number of benzene rings is 3. The van der Waals surface area contributed by atoms with Crippen LogP contribution in [-0.2, 0) is 26.2 Å². The van der Waals surface area contributed by atoms with E-state index in [0.717, 1.165) is 14.3 Å². The van der Waals surface area contributed by atoms with Crippen molar-refractivity contribution in [3.63, 3.8) is 0 Å². The zero-order valence-electron chi connectivity index (χ0n) is 20.5. The van der Waals surface area contributed by atoms with Gasteiger partial charge in [0, 0.05) is 17.6 Å². The van der Waals surface area contributed by atoms with Gasteiger partial charge in [-0.3, -0.25) is 13.9 Å². The number of carbonyl (C=O) groups excluding carboxylic acids is 2. The minimum absolute atomic E-state index is 0.0808. The molecule has 9 heteroatoms. The first-order valence-electron chi connectivity index (χ1n) is 11.6. The fourth-order valence-electron chi connectivity index (χ4n) is 3.77. The van der Waals surface area contributed by atoms with Crippen LogP contribution in [0.25, 0.3) is 0 Å². The van der Waals surface area contributed by atoms with E-state index in [9.17, 15) is 18.0 Å². The Hall–Kier alpha value is -3.17. The SMILES string of the molecule is CCNC(=O)[C@@H](C)N(Cc1ccc(Br)cc1)C(=O)CN(c1ccccc1C)S(=O)(=O)c1ccccc1. The summed E-state index contributed by atoms with van der Waals surface area (Å²) in [6.45, 7) is 5.36. The number of nitrogens with zero attached hydrogens (tertiary/aromatic N) is 2. The maximum atomic E-state index is 13.8. The minimum atomic E-state index is -4.06. The van der Waals surface area contributed by atoms with Crippen molar-refractivity contribution in [1.29, 1.82) is 0 Å². The molecule has 0 bridgehead atoms. The number of hydrogen-bond donors (Lipinski definition) is 1. The fraction of sp³-hybridized carbons (Fsp3) is 0.259. The highest BCUT2D eigenvalue weighted by atomic mass is 79.9. The van der Waals surface area contributed by atoms with Crippen molar-refractivity contribution in [3.8, 4) is 0 Å². The average molecular weight is 573 g/mol. The number of sulfonamides is 1. The maximum Gasteiger partial charge on any atom is 0.264 e. The van der Waals surface area contributed by atoms with Crippen LogP contribution < -0.4 is 9.62 Å². The molecule has 3 aromatic carbocycles. The van der Waals surface area contributed by atoms with E-state index < -0.39 is 28.5 Å². The number of para-hydroxylation sites is 1. The molecule has 0 saturated heterocycles. The van der Waals surface area contributed by atoms with Gasteiger partial charge < -0.3 is 10.2 Å². The molecule has 0 heterocycles. The smallest absolute Gasteiger partial charge is 0.264 e. The molecule has 1 atom stereocenters. The molecule has 0 aliphatic heterocycles. The van der Waals surface area contributed by atoms with E-state index in [1.165, 1.54) is 17.0 Å². The summed E-state index contributed by atoms with van der Waals surface area (Å²) in [5, 5.41) is 2.75. The number of nitrogens with one attached hydrogen (secondary N) is 1. The Balaban J connectivity index is 2.02. The van der Waals surface area contributed by atoms with Gasteiger partial charge in [0.25, 0.3) is 10.0 Å². The molecule has 2 amide bonds. The number of hydrogen-bond acceptors (Lipinski definition) is 4. The van der Waals surface area contributed by atoms with Gasteiger partial charge in [0.1, 0.15) is 12.6 Å². The lowest BCUT2D eigenvalue weighted by Gasteiger charge is -2.32. The van der Waals surface area contributed by atoms with E-state index >= 15 is 0 Å². The molecule has 0 unspecified atom stereocenters. The standard InChI is InChI=1S/C27H30BrN3O4S/c1-4-29-27(33)21(3)30(18-22-14-16-23(28)17-15-22)26(32)19-31(25-13-9-8-10-20(25)2)36(34,35)24-11-6-5-7-12-24/h5-17,21H,4,18-19H2,1-3H3,(H,29,33)/t21-/m1/s1. The van der Waals surface area contributed by atoms with Gasteiger partial charge in [-0.1, -0.05) is 64.5 Å². The van der Waals surface area contributed by atoms with Crippen molar-refractivity contribution in [2.24, 2.45) is 0 Å². The number of halogens is 1. The minimum Gasteiger partial charge on any atom is -0.355 e. The average Bonchev–Trinajstić information content (AvgIpc) is 2.87. The van der Waals surface area contributed by atoms with Crippen molar-refractivity contribution >= 4 is 43.5 Å². The summed E-state index contributed by atoms with van der Waals surface area (Å²) >= 11 is 3.40. The van der Waals surface area contributed by atoms with E-state index in [4.69, 9.17) is 0 Å². The molecule has 0 aliphatic carbocycles. The highest BCUT2D eigenvalue weighted by molar-refractivity contribution is 9.10. The molecule has 0 aromatic heterocycles. The molecule has 0 aliphatic rings. The maximum absolute atomic E-state index is 13.8. The highest BCUT2D eigenvalue weighted by Gasteiger charge is 2.32. The Morgan fingerprint density at radius 3 is 2.17 bits per heavy atom. The van der Waals surface area contributed by atoms with E-state index in [0.29, 0.717) is 17.8 Å². The van der Waals surface area contributed by atoms with Crippen LogP contribution in [-0.4, -0.2) is 44.3 Å². The number of carbonyl (C=O) groups is 2. The number of likely N-dealkylation sites (N-methyl/N-ethyl adjacent to an activating group) is 1. The lowest BCUT2D eigenvalue weighted by Crippen LogP contribution is -2.51. The van der Waals surface area contributed by atoms with E-state index in [1.54, 1.807) is 57.2 Å². The second-order valence-corrected chi connectivity index (χ2v) is 11.1. The Bertz CT molecular complexity index is 1300. The Morgan fingerprint density at radius 2 is 1.56 bits per heavy atom.